The van der Waals surface area contributed by atoms with Gasteiger partial charge in [0, 0.05) is 19.3 Å². The van der Waals surface area contributed by atoms with Crippen molar-refractivity contribution in [2.45, 2.75) is 39.0 Å². The summed E-state index contributed by atoms with van der Waals surface area (Å²) in [5.41, 5.74) is 1.52. The summed E-state index contributed by atoms with van der Waals surface area (Å²) < 4.78 is 0. The molecular formula is C13H20N2. The smallest absolute Gasteiger partial charge is 0.128 e. The molecule has 0 spiro atoms. The van der Waals surface area contributed by atoms with Crippen molar-refractivity contribution < 1.29 is 0 Å². The molecule has 2 nitrogen and oxygen atoms in total. The summed E-state index contributed by atoms with van der Waals surface area (Å²) in [7, 11) is 0. The highest BCUT2D eigenvalue weighted by Gasteiger charge is 2.16. The molecule has 0 bridgehead atoms. The van der Waals surface area contributed by atoms with Crippen LogP contribution in [0.4, 0.5) is 5.82 Å². The topological polar surface area (TPSA) is 16.1 Å². The number of hydrogen-bond acceptors (Lipinski definition) is 2. The van der Waals surface area contributed by atoms with E-state index in [1.165, 1.54) is 31.5 Å². The van der Waals surface area contributed by atoms with Crippen LogP contribution in [-0.4, -0.2) is 18.1 Å². The molecule has 0 aliphatic carbocycles. The molecule has 0 unspecified atom stereocenters. The van der Waals surface area contributed by atoms with Crippen molar-refractivity contribution in [1.29, 1.82) is 0 Å². The molecule has 0 amide bonds. The van der Waals surface area contributed by atoms with Crippen LogP contribution in [0.15, 0.2) is 18.3 Å². The highest BCUT2D eigenvalue weighted by molar-refractivity contribution is 5.41. The number of rotatable bonds is 1. The Morgan fingerprint density at radius 1 is 1.13 bits per heavy atom. The van der Waals surface area contributed by atoms with E-state index in [1.807, 2.05) is 6.20 Å². The van der Waals surface area contributed by atoms with Gasteiger partial charge < -0.3 is 4.90 Å². The number of nitrogens with zero attached hydrogens (tertiary/aromatic N) is 2. The van der Waals surface area contributed by atoms with E-state index in [1.54, 1.807) is 0 Å². The first-order chi connectivity index (χ1) is 7.07. The van der Waals surface area contributed by atoms with Crippen LogP contribution in [-0.2, 0) is 5.41 Å². The van der Waals surface area contributed by atoms with Crippen LogP contribution in [0.1, 0.15) is 39.2 Å². The van der Waals surface area contributed by atoms with E-state index in [0.717, 1.165) is 5.82 Å². The molecule has 0 atom stereocenters. The largest absolute Gasteiger partial charge is 0.357 e. The monoisotopic (exact) mass is 204 g/mol. The third-order valence-electron chi connectivity index (χ3n) is 3.04. The maximum atomic E-state index is 4.55. The molecule has 0 N–H and O–H groups in total. The first kappa shape index (κ1) is 10.5. The lowest BCUT2D eigenvalue weighted by atomic mass is 9.88. The Morgan fingerprint density at radius 3 is 2.27 bits per heavy atom. The molecule has 2 heteroatoms. The summed E-state index contributed by atoms with van der Waals surface area (Å²) >= 11 is 0. The van der Waals surface area contributed by atoms with E-state index in [0.29, 0.717) is 0 Å². The molecule has 1 aliphatic rings. The molecule has 1 fully saturated rings. The highest BCUT2D eigenvalue weighted by atomic mass is 15.2. The minimum absolute atomic E-state index is 0.205. The third-order valence-corrected chi connectivity index (χ3v) is 3.04. The molecule has 15 heavy (non-hydrogen) atoms. The molecule has 1 aromatic heterocycles. The van der Waals surface area contributed by atoms with Crippen molar-refractivity contribution in [2.24, 2.45) is 0 Å². The summed E-state index contributed by atoms with van der Waals surface area (Å²) in [5.74, 6) is 1.14. The van der Waals surface area contributed by atoms with Gasteiger partial charge >= 0.3 is 0 Å². The second-order valence-corrected chi connectivity index (χ2v) is 5.35. The van der Waals surface area contributed by atoms with Gasteiger partial charge in [-0.15, -0.1) is 0 Å². The second kappa shape index (κ2) is 3.84. The summed E-state index contributed by atoms with van der Waals surface area (Å²) in [6, 6.07) is 4.37. The second-order valence-electron chi connectivity index (χ2n) is 5.35. The van der Waals surface area contributed by atoms with Crippen molar-refractivity contribution in [3.05, 3.63) is 23.9 Å². The van der Waals surface area contributed by atoms with E-state index < -0.39 is 0 Å². The fraction of sp³-hybridized carbons (Fsp3) is 0.615. The van der Waals surface area contributed by atoms with Crippen LogP contribution >= 0.6 is 0 Å². The summed E-state index contributed by atoms with van der Waals surface area (Å²) in [6.07, 6.45) is 4.64. The van der Waals surface area contributed by atoms with Crippen LogP contribution in [0.25, 0.3) is 0 Å². The van der Waals surface area contributed by atoms with Gasteiger partial charge in [0.25, 0.3) is 0 Å². The van der Waals surface area contributed by atoms with Crippen LogP contribution in [0.2, 0.25) is 0 Å². The maximum absolute atomic E-state index is 4.55. The van der Waals surface area contributed by atoms with Crippen molar-refractivity contribution in [2.75, 3.05) is 18.0 Å². The normalized spacial score (nSPS) is 17.1. The first-order valence-electron chi connectivity index (χ1n) is 5.79. The van der Waals surface area contributed by atoms with Crippen LogP contribution < -0.4 is 4.90 Å². The zero-order valence-corrected chi connectivity index (χ0v) is 9.95. The Hall–Kier alpha value is -1.05. The number of pyridine rings is 1. The molecule has 2 heterocycles. The SMILES string of the molecule is CC(C)(C)c1ccc(N2CCCC2)nc1. The van der Waals surface area contributed by atoms with Gasteiger partial charge in [-0.3, -0.25) is 0 Å². The molecule has 1 aromatic rings. The van der Waals surface area contributed by atoms with Crippen molar-refractivity contribution >= 4 is 5.82 Å². The lowest BCUT2D eigenvalue weighted by Gasteiger charge is -2.21. The van der Waals surface area contributed by atoms with E-state index in [9.17, 15) is 0 Å². The molecule has 0 saturated carbocycles. The van der Waals surface area contributed by atoms with Crippen molar-refractivity contribution in [1.82, 2.24) is 4.98 Å². The molecule has 2 rings (SSSR count). The maximum Gasteiger partial charge on any atom is 0.128 e. The van der Waals surface area contributed by atoms with Gasteiger partial charge in [0.05, 0.1) is 0 Å². The molecular weight excluding hydrogens is 184 g/mol. The molecule has 82 valence electrons. The summed E-state index contributed by atoms with van der Waals surface area (Å²) in [4.78, 5) is 6.92. The molecule has 0 radical (unpaired) electrons. The summed E-state index contributed by atoms with van der Waals surface area (Å²) in [6.45, 7) is 9.00. The zero-order chi connectivity index (χ0) is 10.9. The standard InChI is InChI=1S/C13H20N2/c1-13(2,3)11-6-7-12(14-10-11)15-8-4-5-9-15/h6-7,10H,4-5,8-9H2,1-3H3. The van der Waals surface area contributed by atoms with Gasteiger partial charge in [-0.05, 0) is 29.9 Å². The Balaban J connectivity index is 2.16. The lowest BCUT2D eigenvalue weighted by Crippen LogP contribution is -2.19. The summed E-state index contributed by atoms with van der Waals surface area (Å²) in [5, 5.41) is 0. The minimum Gasteiger partial charge on any atom is -0.357 e. The number of hydrogen-bond donors (Lipinski definition) is 0. The van der Waals surface area contributed by atoms with Crippen LogP contribution in [0, 0.1) is 0 Å². The first-order valence-corrected chi connectivity index (χ1v) is 5.79. The Bertz CT molecular complexity index is 315. The fourth-order valence-corrected chi connectivity index (χ4v) is 1.96. The van der Waals surface area contributed by atoms with Crippen LogP contribution in [0.3, 0.4) is 0 Å². The van der Waals surface area contributed by atoms with E-state index in [2.05, 4.69) is 42.8 Å². The van der Waals surface area contributed by atoms with Gasteiger partial charge in [-0.1, -0.05) is 26.8 Å². The Labute approximate surface area is 92.3 Å². The molecule has 1 saturated heterocycles. The highest BCUT2D eigenvalue weighted by Crippen LogP contribution is 2.24. The van der Waals surface area contributed by atoms with Crippen LogP contribution in [0.5, 0.6) is 0 Å². The Kier molecular flexibility index (Phi) is 2.68. The van der Waals surface area contributed by atoms with Gasteiger partial charge in [0.15, 0.2) is 0 Å². The zero-order valence-electron chi connectivity index (χ0n) is 9.95. The van der Waals surface area contributed by atoms with Gasteiger partial charge in [-0.25, -0.2) is 4.98 Å². The number of anilines is 1. The van der Waals surface area contributed by atoms with Crippen molar-refractivity contribution in [3.63, 3.8) is 0 Å². The predicted molar refractivity (Wildman–Crippen MR) is 64.4 cm³/mol. The fourth-order valence-electron chi connectivity index (χ4n) is 1.96. The average Bonchev–Trinajstić information content (AvgIpc) is 2.69. The van der Waals surface area contributed by atoms with E-state index in [4.69, 9.17) is 0 Å². The molecule has 0 aromatic carbocycles. The van der Waals surface area contributed by atoms with E-state index in [-0.39, 0.29) is 5.41 Å². The van der Waals surface area contributed by atoms with Gasteiger partial charge in [0.2, 0.25) is 0 Å². The molecule has 1 aliphatic heterocycles. The third kappa shape index (κ3) is 2.31. The van der Waals surface area contributed by atoms with Crippen molar-refractivity contribution in [3.8, 4) is 0 Å². The van der Waals surface area contributed by atoms with Gasteiger partial charge in [0.1, 0.15) is 5.82 Å². The Morgan fingerprint density at radius 2 is 1.80 bits per heavy atom. The van der Waals surface area contributed by atoms with Gasteiger partial charge in [-0.2, -0.15) is 0 Å². The quantitative estimate of drug-likeness (QED) is 0.699. The average molecular weight is 204 g/mol. The predicted octanol–water partition coefficient (Wildman–Crippen LogP) is 2.98. The number of aromatic nitrogens is 1. The lowest BCUT2D eigenvalue weighted by molar-refractivity contribution is 0.587. The van der Waals surface area contributed by atoms with E-state index >= 15 is 0 Å². The minimum atomic E-state index is 0.205.